The number of aromatic nitrogens is 1. The lowest BCUT2D eigenvalue weighted by molar-refractivity contribution is -0.137. The molecule has 1 aromatic rings. The van der Waals surface area contributed by atoms with Gasteiger partial charge in [-0.15, -0.1) is 11.3 Å². The topological polar surface area (TPSA) is 118 Å². The number of methoxy groups -OCH3 is 1. The number of aliphatic hydroxyl groups is 1. The number of thiazole rings is 1. The lowest BCUT2D eigenvalue weighted by Crippen LogP contribution is -2.54. The van der Waals surface area contributed by atoms with Gasteiger partial charge in [-0.05, 0) is 32.6 Å². The van der Waals surface area contributed by atoms with Crippen LogP contribution in [0.1, 0.15) is 76.5 Å². The van der Waals surface area contributed by atoms with Crippen molar-refractivity contribution < 1.29 is 29.0 Å². The van der Waals surface area contributed by atoms with Gasteiger partial charge in [-0.1, -0.05) is 27.7 Å². The van der Waals surface area contributed by atoms with E-state index in [-0.39, 0.29) is 35.9 Å². The van der Waals surface area contributed by atoms with E-state index in [9.17, 15) is 19.5 Å². The number of hydrogen-bond acceptors (Lipinski definition) is 8. The molecule has 1 heterocycles. The number of carbonyl (C=O) groups is 3. The Balaban J connectivity index is 2.97. The SMILES string of the molecule is COC(=O)c1csc([C@H](O)C[C@H](C(C)C)N(C)C(=O)[C@@H](NC(=O)OC(C)(C)C)C(C)C)n1. The first kappa shape index (κ1) is 27.8. The summed E-state index contributed by atoms with van der Waals surface area (Å²) >= 11 is 1.16. The third-order valence-electron chi connectivity index (χ3n) is 4.89. The van der Waals surface area contributed by atoms with Crippen molar-refractivity contribution in [2.45, 2.75) is 78.7 Å². The minimum Gasteiger partial charge on any atom is -0.464 e. The van der Waals surface area contributed by atoms with Gasteiger partial charge in [0.1, 0.15) is 22.8 Å². The Morgan fingerprint density at radius 2 is 1.78 bits per heavy atom. The van der Waals surface area contributed by atoms with Crippen LogP contribution in [0.2, 0.25) is 0 Å². The average molecular weight is 472 g/mol. The van der Waals surface area contributed by atoms with Crippen molar-refractivity contribution in [3.8, 4) is 0 Å². The maximum Gasteiger partial charge on any atom is 0.408 e. The molecular formula is C22H37N3O6S. The standard InChI is InChI=1S/C22H37N3O6S/c1-12(2)15(10-16(26)18-23-14(11-32-18)20(28)30-9)25(8)19(27)17(13(3)4)24-21(29)31-22(5,6)7/h11-13,15-17,26H,10H2,1-9H3,(H,24,29)/t15-,16-,17+/m1/s1. The predicted molar refractivity (Wildman–Crippen MR) is 122 cm³/mol. The summed E-state index contributed by atoms with van der Waals surface area (Å²) in [6.07, 6.45) is -1.39. The smallest absolute Gasteiger partial charge is 0.408 e. The Bertz CT molecular complexity index is 787. The van der Waals surface area contributed by atoms with Gasteiger partial charge in [0, 0.05) is 24.9 Å². The zero-order valence-corrected chi connectivity index (χ0v) is 21.3. The monoisotopic (exact) mass is 471 g/mol. The van der Waals surface area contributed by atoms with Crippen molar-refractivity contribution in [1.82, 2.24) is 15.2 Å². The van der Waals surface area contributed by atoms with Crippen LogP contribution in [0.25, 0.3) is 0 Å². The maximum atomic E-state index is 13.3. The molecule has 3 atom stereocenters. The molecule has 10 heteroatoms. The van der Waals surface area contributed by atoms with Crippen LogP contribution >= 0.6 is 11.3 Å². The fourth-order valence-electron chi connectivity index (χ4n) is 3.18. The highest BCUT2D eigenvalue weighted by molar-refractivity contribution is 7.09. The first-order chi connectivity index (χ1) is 14.7. The highest BCUT2D eigenvalue weighted by Gasteiger charge is 2.34. The van der Waals surface area contributed by atoms with Gasteiger partial charge in [-0.3, -0.25) is 4.79 Å². The molecule has 1 rings (SSSR count). The van der Waals surface area contributed by atoms with Crippen molar-refractivity contribution >= 4 is 29.3 Å². The van der Waals surface area contributed by atoms with Crippen LogP contribution in [-0.4, -0.2) is 64.8 Å². The van der Waals surface area contributed by atoms with Crippen LogP contribution in [0.3, 0.4) is 0 Å². The van der Waals surface area contributed by atoms with E-state index >= 15 is 0 Å². The molecule has 0 aliphatic rings. The second kappa shape index (κ2) is 11.6. The molecule has 0 aliphatic carbocycles. The molecule has 2 amide bonds. The molecule has 0 saturated heterocycles. The number of aliphatic hydroxyl groups excluding tert-OH is 1. The number of amides is 2. The van der Waals surface area contributed by atoms with E-state index in [2.05, 4.69) is 15.0 Å². The Morgan fingerprint density at radius 3 is 2.25 bits per heavy atom. The average Bonchev–Trinajstić information content (AvgIpc) is 3.17. The van der Waals surface area contributed by atoms with Crippen LogP contribution in [0, 0.1) is 11.8 Å². The Morgan fingerprint density at radius 1 is 1.19 bits per heavy atom. The molecule has 0 aliphatic heterocycles. The summed E-state index contributed by atoms with van der Waals surface area (Å²) < 4.78 is 9.96. The van der Waals surface area contributed by atoms with Gasteiger partial charge in [0.15, 0.2) is 5.69 Å². The van der Waals surface area contributed by atoms with Crippen LogP contribution in [-0.2, 0) is 14.3 Å². The molecule has 9 nitrogen and oxygen atoms in total. The van der Waals surface area contributed by atoms with E-state index < -0.39 is 29.8 Å². The van der Waals surface area contributed by atoms with Gasteiger partial charge < -0.3 is 24.8 Å². The molecule has 182 valence electrons. The fourth-order valence-corrected chi connectivity index (χ4v) is 3.96. The molecule has 0 bridgehead atoms. The van der Waals surface area contributed by atoms with Gasteiger partial charge in [-0.2, -0.15) is 0 Å². The first-order valence-corrected chi connectivity index (χ1v) is 11.5. The van der Waals surface area contributed by atoms with E-state index in [0.717, 1.165) is 11.3 Å². The van der Waals surface area contributed by atoms with Crippen molar-refractivity contribution in [3.05, 3.63) is 16.1 Å². The van der Waals surface area contributed by atoms with E-state index in [0.29, 0.717) is 5.01 Å². The number of likely N-dealkylation sites (N-methyl/N-ethyl adjacent to an activating group) is 1. The number of ether oxygens (including phenoxy) is 2. The Hall–Kier alpha value is -2.20. The summed E-state index contributed by atoms with van der Waals surface area (Å²) in [6.45, 7) is 12.9. The predicted octanol–water partition coefficient (Wildman–Crippen LogP) is 3.39. The van der Waals surface area contributed by atoms with Gasteiger partial charge in [0.25, 0.3) is 0 Å². The van der Waals surface area contributed by atoms with Gasteiger partial charge >= 0.3 is 12.1 Å². The highest BCUT2D eigenvalue weighted by Crippen LogP contribution is 2.27. The lowest BCUT2D eigenvalue weighted by atomic mass is 9.94. The van der Waals surface area contributed by atoms with Crippen molar-refractivity contribution in [3.63, 3.8) is 0 Å². The zero-order valence-electron chi connectivity index (χ0n) is 20.5. The highest BCUT2D eigenvalue weighted by atomic mass is 32.1. The summed E-state index contributed by atoms with van der Waals surface area (Å²) in [5.41, 5.74) is -0.541. The molecule has 1 aromatic heterocycles. The van der Waals surface area contributed by atoms with E-state index in [4.69, 9.17) is 4.74 Å². The van der Waals surface area contributed by atoms with Crippen molar-refractivity contribution in [2.24, 2.45) is 11.8 Å². The van der Waals surface area contributed by atoms with E-state index in [1.807, 2.05) is 27.7 Å². The summed E-state index contributed by atoms with van der Waals surface area (Å²) in [5, 5.41) is 15.3. The molecule has 2 N–H and O–H groups in total. The third-order valence-corrected chi connectivity index (χ3v) is 5.83. The molecular weight excluding hydrogens is 434 g/mol. The normalized spacial score (nSPS) is 14.6. The van der Waals surface area contributed by atoms with Crippen molar-refractivity contribution in [2.75, 3.05) is 14.2 Å². The molecule has 0 unspecified atom stereocenters. The zero-order chi connectivity index (χ0) is 24.8. The molecule has 0 saturated carbocycles. The van der Waals surface area contributed by atoms with E-state index in [1.165, 1.54) is 12.5 Å². The van der Waals surface area contributed by atoms with Crippen molar-refractivity contribution in [1.29, 1.82) is 0 Å². The summed E-state index contributed by atoms with van der Waals surface area (Å²) in [4.78, 5) is 42.9. The minimum atomic E-state index is -0.961. The van der Waals surface area contributed by atoms with Gasteiger partial charge in [-0.25, -0.2) is 14.6 Å². The molecule has 0 aromatic carbocycles. The largest absolute Gasteiger partial charge is 0.464 e. The summed E-state index contributed by atoms with van der Waals surface area (Å²) in [7, 11) is 2.93. The number of rotatable bonds is 9. The molecule has 0 fully saturated rings. The quantitative estimate of drug-likeness (QED) is 0.530. The second-order valence-corrected chi connectivity index (χ2v) is 10.3. The number of esters is 1. The van der Waals surface area contributed by atoms with Gasteiger partial charge in [0.2, 0.25) is 5.91 Å². The first-order valence-electron chi connectivity index (χ1n) is 10.7. The molecule has 0 radical (unpaired) electrons. The summed E-state index contributed by atoms with van der Waals surface area (Å²) in [6, 6.07) is -1.11. The number of hydrogen-bond donors (Lipinski definition) is 2. The number of alkyl carbamates (subject to hydrolysis) is 1. The molecule has 0 spiro atoms. The fraction of sp³-hybridized carbons (Fsp3) is 0.727. The minimum absolute atomic E-state index is 0.0213. The van der Waals surface area contributed by atoms with E-state index in [1.54, 1.807) is 32.7 Å². The third kappa shape index (κ3) is 8.05. The number of nitrogens with zero attached hydrogens (tertiary/aromatic N) is 2. The second-order valence-electron chi connectivity index (χ2n) is 9.44. The number of nitrogens with one attached hydrogen (secondary N) is 1. The Kier molecular flexibility index (Phi) is 10.1. The van der Waals surface area contributed by atoms with Crippen LogP contribution in [0.5, 0.6) is 0 Å². The Labute approximate surface area is 194 Å². The number of carbonyl (C=O) groups excluding carboxylic acids is 3. The lowest BCUT2D eigenvalue weighted by Gasteiger charge is -2.36. The van der Waals surface area contributed by atoms with Crippen LogP contribution in [0.15, 0.2) is 5.38 Å². The maximum absolute atomic E-state index is 13.3. The summed E-state index contributed by atoms with van der Waals surface area (Å²) in [5.74, 6) is -0.990. The van der Waals surface area contributed by atoms with Gasteiger partial charge in [0.05, 0.1) is 7.11 Å². The van der Waals surface area contributed by atoms with Crippen LogP contribution < -0.4 is 5.32 Å². The van der Waals surface area contributed by atoms with Crippen LogP contribution in [0.4, 0.5) is 4.79 Å². The molecule has 32 heavy (non-hydrogen) atoms.